The van der Waals surface area contributed by atoms with Crippen LogP contribution in [0.15, 0.2) is 32.0 Å². The van der Waals surface area contributed by atoms with Crippen LogP contribution in [0, 0.1) is 18.8 Å². The van der Waals surface area contributed by atoms with Gasteiger partial charge in [0.2, 0.25) is 5.91 Å². The second kappa shape index (κ2) is 8.69. The quantitative estimate of drug-likeness (QED) is 0.542. The van der Waals surface area contributed by atoms with Crippen LogP contribution in [0.1, 0.15) is 63.1 Å². The van der Waals surface area contributed by atoms with Crippen molar-refractivity contribution in [2.24, 2.45) is 11.8 Å². The summed E-state index contributed by atoms with van der Waals surface area (Å²) < 4.78 is 11.3. The van der Waals surface area contributed by atoms with Crippen LogP contribution in [0.4, 0.5) is 0 Å². The van der Waals surface area contributed by atoms with Gasteiger partial charge in [0.25, 0.3) is 0 Å². The van der Waals surface area contributed by atoms with E-state index < -0.39 is 11.6 Å². The molecule has 1 aromatic carbocycles. The first-order valence-electron chi connectivity index (χ1n) is 11.5. The number of furan rings is 1. The number of benzene rings is 1. The van der Waals surface area contributed by atoms with Crippen LogP contribution in [0.3, 0.4) is 0 Å². The molecule has 1 saturated carbocycles. The predicted molar refractivity (Wildman–Crippen MR) is 125 cm³/mol. The SMILES string of the molecule is Cc1c(CC(=O)NCC2CCC(C(=O)O)CC2)c(=O)oc2cc3occ(C(C)(C)C)c3cc12. The fraction of sp³-hybridized carbons (Fsp3) is 0.500. The second-order valence-electron chi connectivity index (χ2n) is 10.3. The van der Waals surface area contributed by atoms with Crippen LogP contribution < -0.4 is 10.9 Å². The van der Waals surface area contributed by atoms with Crippen LogP contribution in [0.25, 0.3) is 21.9 Å². The second-order valence-corrected chi connectivity index (χ2v) is 10.3. The van der Waals surface area contributed by atoms with E-state index in [2.05, 4.69) is 26.1 Å². The Hall–Kier alpha value is -3.09. The van der Waals surface area contributed by atoms with Crippen molar-refractivity contribution in [3.05, 3.63) is 45.5 Å². The first kappa shape index (κ1) is 23.1. The number of amides is 1. The maximum Gasteiger partial charge on any atom is 0.340 e. The maximum atomic E-state index is 12.7. The normalized spacial score (nSPS) is 19.2. The van der Waals surface area contributed by atoms with E-state index in [0.29, 0.717) is 36.1 Å². The van der Waals surface area contributed by atoms with Crippen LogP contribution in [-0.4, -0.2) is 23.5 Å². The first-order chi connectivity index (χ1) is 15.5. The maximum absolute atomic E-state index is 12.7. The average Bonchev–Trinajstić information content (AvgIpc) is 3.17. The highest BCUT2D eigenvalue weighted by molar-refractivity contribution is 5.97. The van der Waals surface area contributed by atoms with Crippen LogP contribution >= 0.6 is 0 Å². The molecule has 33 heavy (non-hydrogen) atoms. The Morgan fingerprint density at radius 3 is 2.42 bits per heavy atom. The summed E-state index contributed by atoms with van der Waals surface area (Å²) in [6.45, 7) is 8.68. The van der Waals surface area contributed by atoms with E-state index in [0.717, 1.165) is 34.7 Å². The summed E-state index contributed by atoms with van der Waals surface area (Å²) in [6, 6.07) is 3.72. The van der Waals surface area contributed by atoms with E-state index in [1.807, 2.05) is 13.0 Å². The minimum absolute atomic E-state index is 0.0515. The summed E-state index contributed by atoms with van der Waals surface area (Å²) in [7, 11) is 0. The largest absolute Gasteiger partial charge is 0.481 e. The molecule has 0 bridgehead atoms. The first-order valence-corrected chi connectivity index (χ1v) is 11.5. The number of hydrogen-bond donors (Lipinski definition) is 2. The van der Waals surface area contributed by atoms with Crippen LogP contribution in [-0.2, 0) is 21.4 Å². The van der Waals surface area contributed by atoms with Crippen molar-refractivity contribution >= 4 is 33.8 Å². The Labute approximate surface area is 192 Å². The van der Waals surface area contributed by atoms with E-state index in [-0.39, 0.29) is 29.6 Å². The third-order valence-corrected chi connectivity index (χ3v) is 6.91. The molecule has 0 radical (unpaired) electrons. The fourth-order valence-corrected chi connectivity index (χ4v) is 4.79. The number of nitrogens with one attached hydrogen (secondary N) is 1. The molecule has 3 aromatic rings. The molecule has 4 rings (SSSR count). The van der Waals surface area contributed by atoms with Gasteiger partial charge < -0.3 is 19.3 Å². The summed E-state index contributed by atoms with van der Waals surface area (Å²) in [5.41, 5.74) is 2.66. The highest BCUT2D eigenvalue weighted by Gasteiger charge is 2.26. The number of hydrogen-bond acceptors (Lipinski definition) is 5. The summed E-state index contributed by atoms with van der Waals surface area (Å²) >= 11 is 0. The Morgan fingerprint density at radius 1 is 1.09 bits per heavy atom. The minimum atomic E-state index is -0.738. The van der Waals surface area contributed by atoms with Crippen molar-refractivity contribution in [1.29, 1.82) is 0 Å². The van der Waals surface area contributed by atoms with E-state index in [1.165, 1.54) is 0 Å². The van der Waals surface area contributed by atoms with Gasteiger partial charge in [-0.15, -0.1) is 0 Å². The fourth-order valence-electron chi connectivity index (χ4n) is 4.79. The Morgan fingerprint density at radius 2 is 1.79 bits per heavy atom. The van der Waals surface area contributed by atoms with Crippen LogP contribution in [0.5, 0.6) is 0 Å². The van der Waals surface area contributed by atoms with Gasteiger partial charge in [0.15, 0.2) is 0 Å². The molecule has 1 fully saturated rings. The van der Waals surface area contributed by atoms with Crippen molar-refractivity contribution in [2.75, 3.05) is 6.54 Å². The highest BCUT2D eigenvalue weighted by atomic mass is 16.4. The molecule has 0 atom stereocenters. The predicted octanol–water partition coefficient (Wildman–Crippen LogP) is 4.69. The molecule has 0 aliphatic heterocycles. The molecule has 7 nitrogen and oxygen atoms in total. The van der Waals surface area contributed by atoms with Gasteiger partial charge in [-0.05, 0) is 55.6 Å². The van der Waals surface area contributed by atoms with Crippen molar-refractivity contribution < 1.29 is 23.5 Å². The van der Waals surface area contributed by atoms with E-state index in [1.54, 1.807) is 12.3 Å². The van der Waals surface area contributed by atoms with Gasteiger partial charge in [-0.1, -0.05) is 20.8 Å². The lowest BCUT2D eigenvalue weighted by atomic mass is 9.82. The van der Waals surface area contributed by atoms with Crippen molar-refractivity contribution in [2.45, 2.75) is 65.2 Å². The monoisotopic (exact) mass is 453 g/mol. The molecule has 0 spiro atoms. The zero-order valence-corrected chi connectivity index (χ0v) is 19.6. The third-order valence-electron chi connectivity index (χ3n) is 6.91. The van der Waals surface area contributed by atoms with Crippen molar-refractivity contribution in [1.82, 2.24) is 5.32 Å². The number of fused-ring (bicyclic) bond motifs is 2. The van der Waals surface area contributed by atoms with Gasteiger partial charge in [0, 0.05) is 28.9 Å². The van der Waals surface area contributed by atoms with Gasteiger partial charge >= 0.3 is 11.6 Å². The van der Waals surface area contributed by atoms with Gasteiger partial charge in [-0.25, -0.2) is 4.79 Å². The highest BCUT2D eigenvalue weighted by Crippen LogP contribution is 2.35. The lowest BCUT2D eigenvalue weighted by Crippen LogP contribution is -2.34. The standard InChI is InChI=1S/C26H31NO6/c1-14-17-9-19-20(26(2,3)4)13-32-21(19)11-22(17)33-25(31)18(14)10-23(28)27-12-15-5-7-16(8-6-15)24(29)30/h9,11,13,15-16H,5-8,10,12H2,1-4H3,(H,27,28)(H,29,30). The molecular formula is C26H31NO6. The summed E-state index contributed by atoms with van der Waals surface area (Å²) in [4.78, 5) is 36.4. The molecule has 0 saturated heterocycles. The molecular weight excluding hydrogens is 422 g/mol. The Kier molecular flexibility index (Phi) is 6.08. The third kappa shape index (κ3) is 4.68. The molecule has 1 aliphatic rings. The molecule has 7 heteroatoms. The number of carbonyl (C=O) groups is 2. The zero-order chi connectivity index (χ0) is 23.9. The minimum Gasteiger partial charge on any atom is -0.481 e. The molecule has 2 aromatic heterocycles. The number of carboxylic acid groups (broad SMARTS) is 1. The van der Waals surface area contributed by atoms with Crippen molar-refractivity contribution in [3.8, 4) is 0 Å². The van der Waals surface area contributed by atoms with Crippen LogP contribution in [0.2, 0.25) is 0 Å². The summed E-state index contributed by atoms with van der Waals surface area (Å²) in [6.07, 6.45) is 4.54. The molecule has 176 valence electrons. The Balaban J connectivity index is 1.52. The number of aryl methyl sites for hydroxylation is 1. The number of rotatable bonds is 5. The van der Waals surface area contributed by atoms with Crippen molar-refractivity contribution in [3.63, 3.8) is 0 Å². The smallest absolute Gasteiger partial charge is 0.340 e. The van der Waals surface area contributed by atoms with Gasteiger partial charge in [0.1, 0.15) is 11.2 Å². The number of carboxylic acids is 1. The van der Waals surface area contributed by atoms with Gasteiger partial charge in [-0.2, -0.15) is 0 Å². The van der Waals surface area contributed by atoms with E-state index in [4.69, 9.17) is 13.9 Å². The average molecular weight is 454 g/mol. The lowest BCUT2D eigenvalue weighted by Gasteiger charge is -2.26. The Bertz CT molecular complexity index is 1270. The van der Waals surface area contributed by atoms with Gasteiger partial charge in [0.05, 0.1) is 24.2 Å². The van der Waals surface area contributed by atoms with E-state index in [9.17, 15) is 14.4 Å². The molecule has 2 heterocycles. The number of carbonyl (C=O) groups excluding carboxylic acids is 1. The summed E-state index contributed by atoms with van der Waals surface area (Å²) in [5, 5.41) is 13.8. The van der Waals surface area contributed by atoms with E-state index >= 15 is 0 Å². The lowest BCUT2D eigenvalue weighted by molar-refractivity contribution is -0.143. The summed E-state index contributed by atoms with van der Waals surface area (Å²) in [5.74, 6) is -0.977. The molecule has 1 aliphatic carbocycles. The number of aliphatic carboxylic acids is 1. The van der Waals surface area contributed by atoms with Gasteiger partial charge in [-0.3, -0.25) is 9.59 Å². The zero-order valence-electron chi connectivity index (χ0n) is 19.6. The molecule has 0 unspecified atom stereocenters. The topological polar surface area (TPSA) is 110 Å². The molecule has 2 N–H and O–H groups in total. The molecule has 1 amide bonds.